The Morgan fingerprint density at radius 2 is 1.78 bits per heavy atom. The zero-order valence-corrected chi connectivity index (χ0v) is 24.4. The molecule has 0 unspecified atom stereocenters. The number of fused-ring (bicyclic) bond motifs is 1. The molecule has 0 spiro atoms. The van der Waals surface area contributed by atoms with E-state index in [1.54, 1.807) is 11.0 Å². The van der Waals surface area contributed by atoms with Crippen molar-refractivity contribution in [2.75, 3.05) is 26.3 Å². The highest BCUT2D eigenvalue weighted by Gasteiger charge is 2.24. The Bertz CT molecular complexity index is 1950. The van der Waals surface area contributed by atoms with Crippen molar-refractivity contribution in [3.63, 3.8) is 0 Å². The van der Waals surface area contributed by atoms with Crippen LogP contribution in [-0.2, 0) is 11.2 Å². The van der Waals surface area contributed by atoms with Crippen LogP contribution in [0.1, 0.15) is 28.8 Å². The maximum absolute atomic E-state index is 15.3. The lowest BCUT2D eigenvalue weighted by atomic mass is 9.98. The minimum Gasteiger partial charge on any atom is -0.476 e. The van der Waals surface area contributed by atoms with Crippen LogP contribution in [0.2, 0.25) is 0 Å². The van der Waals surface area contributed by atoms with Crippen molar-refractivity contribution in [1.82, 2.24) is 29.9 Å². The van der Waals surface area contributed by atoms with E-state index in [0.717, 1.165) is 10.7 Å². The zero-order valence-electron chi connectivity index (χ0n) is 24.4. The standard InChI is InChI=1S/C32H28F2N6O6/c33-21-2-4-22(5-3-21)40-32(44)23(7-12-36-40)25(42)16-20-1-6-26(24(34)15-20)46-27-8-11-35-30-29(27)31(38-37-30)45-18-19-9-13-39(14-10-19)28(43)17-41/h1-8,11-12,15,19,41H,9-10,13-14,16-18H2,(H,35,37,38). The van der Waals surface area contributed by atoms with Crippen molar-refractivity contribution in [1.29, 1.82) is 0 Å². The fourth-order valence-corrected chi connectivity index (χ4v) is 5.26. The summed E-state index contributed by atoms with van der Waals surface area (Å²) in [7, 11) is 0. The molecule has 6 rings (SSSR count). The normalized spacial score (nSPS) is 13.6. The lowest BCUT2D eigenvalue weighted by Crippen LogP contribution is -2.41. The van der Waals surface area contributed by atoms with Crippen molar-refractivity contribution in [3.8, 4) is 23.1 Å². The van der Waals surface area contributed by atoms with Crippen molar-refractivity contribution in [2.45, 2.75) is 19.3 Å². The summed E-state index contributed by atoms with van der Waals surface area (Å²) in [6.45, 7) is 0.884. The van der Waals surface area contributed by atoms with Crippen LogP contribution in [0.25, 0.3) is 16.7 Å². The number of rotatable bonds is 10. The topological polar surface area (TPSA) is 153 Å². The Hall–Kier alpha value is -5.50. The number of hydrogen-bond acceptors (Lipinski definition) is 9. The van der Waals surface area contributed by atoms with Gasteiger partial charge in [-0.2, -0.15) is 9.78 Å². The molecule has 46 heavy (non-hydrogen) atoms. The molecule has 0 atom stereocenters. The van der Waals surface area contributed by atoms with E-state index in [9.17, 15) is 18.8 Å². The predicted octanol–water partition coefficient (Wildman–Crippen LogP) is 3.61. The lowest BCUT2D eigenvalue weighted by Gasteiger charge is -2.31. The van der Waals surface area contributed by atoms with E-state index in [2.05, 4.69) is 20.3 Å². The Morgan fingerprint density at radius 1 is 1.00 bits per heavy atom. The van der Waals surface area contributed by atoms with Gasteiger partial charge in [0.2, 0.25) is 11.8 Å². The van der Waals surface area contributed by atoms with E-state index in [1.165, 1.54) is 54.9 Å². The summed E-state index contributed by atoms with van der Waals surface area (Å²) in [5, 5.41) is 20.5. The number of halogens is 2. The summed E-state index contributed by atoms with van der Waals surface area (Å²) in [6.07, 6.45) is 3.93. The number of nitrogens with zero attached hydrogens (tertiary/aromatic N) is 5. The summed E-state index contributed by atoms with van der Waals surface area (Å²) in [5.74, 6) is -1.51. The molecule has 1 amide bonds. The highest BCUT2D eigenvalue weighted by molar-refractivity contribution is 5.97. The number of aliphatic hydroxyl groups excluding tert-OH is 1. The van der Waals surface area contributed by atoms with Crippen LogP contribution in [0, 0.1) is 17.6 Å². The second-order valence-corrected chi connectivity index (χ2v) is 10.8. The molecule has 12 nitrogen and oxygen atoms in total. The third-order valence-electron chi connectivity index (χ3n) is 7.75. The summed E-state index contributed by atoms with van der Waals surface area (Å²) in [6, 6.07) is 12.0. The average molecular weight is 631 g/mol. The Kier molecular flexibility index (Phi) is 8.79. The van der Waals surface area contributed by atoms with Crippen LogP contribution >= 0.6 is 0 Å². The first-order valence-electron chi connectivity index (χ1n) is 14.5. The molecule has 0 radical (unpaired) electrons. The molecular formula is C32H28F2N6O6. The molecule has 1 saturated heterocycles. The summed E-state index contributed by atoms with van der Waals surface area (Å²) >= 11 is 0. The van der Waals surface area contributed by atoms with Gasteiger partial charge in [-0.05, 0) is 66.8 Å². The number of carbonyl (C=O) groups excluding carboxylic acids is 2. The van der Waals surface area contributed by atoms with Gasteiger partial charge in [-0.15, -0.1) is 5.10 Å². The molecule has 1 aliphatic rings. The summed E-state index contributed by atoms with van der Waals surface area (Å²) in [4.78, 5) is 43.6. The Balaban J connectivity index is 1.14. The number of ether oxygens (including phenoxy) is 2. The van der Waals surface area contributed by atoms with E-state index in [-0.39, 0.29) is 41.2 Å². The molecule has 14 heteroatoms. The number of likely N-dealkylation sites (tertiary alicyclic amines) is 1. The number of aliphatic hydroxyl groups is 1. The van der Waals surface area contributed by atoms with E-state index in [4.69, 9.17) is 14.6 Å². The molecule has 3 aromatic heterocycles. The first-order chi connectivity index (χ1) is 22.3. The molecule has 4 heterocycles. The van der Waals surface area contributed by atoms with E-state index in [0.29, 0.717) is 54.8 Å². The van der Waals surface area contributed by atoms with Crippen molar-refractivity contribution >= 4 is 22.7 Å². The number of benzene rings is 2. The van der Waals surface area contributed by atoms with Crippen LogP contribution in [0.3, 0.4) is 0 Å². The number of piperidine rings is 1. The number of amides is 1. The fraction of sp³-hybridized carbons (Fsp3) is 0.250. The fourth-order valence-electron chi connectivity index (χ4n) is 5.26. The number of hydrogen-bond donors (Lipinski definition) is 2. The van der Waals surface area contributed by atoms with Gasteiger partial charge >= 0.3 is 0 Å². The van der Waals surface area contributed by atoms with Crippen LogP contribution in [0.4, 0.5) is 8.78 Å². The van der Waals surface area contributed by atoms with E-state index < -0.39 is 29.6 Å². The number of carbonyl (C=O) groups is 2. The number of pyridine rings is 1. The second kappa shape index (κ2) is 13.2. The lowest BCUT2D eigenvalue weighted by molar-refractivity contribution is -0.135. The van der Waals surface area contributed by atoms with Gasteiger partial charge < -0.3 is 19.5 Å². The molecule has 0 aliphatic carbocycles. The number of ketones is 1. The predicted molar refractivity (Wildman–Crippen MR) is 160 cm³/mol. The molecule has 0 saturated carbocycles. The molecule has 0 bridgehead atoms. The van der Waals surface area contributed by atoms with E-state index in [1.807, 2.05) is 0 Å². The quantitative estimate of drug-likeness (QED) is 0.221. The highest BCUT2D eigenvalue weighted by atomic mass is 19.1. The smallest absolute Gasteiger partial charge is 0.282 e. The van der Waals surface area contributed by atoms with Crippen LogP contribution in [0.5, 0.6) is 17.4 Å². The average Bonchev–Trinajstić information content (AvgIpc) is 3.49. The molecule has 236 valence electrons. The minimum atomic E-state index is -0.733. The van der Waals surface area contributed by atoms with Gasteiger partial charge in [0, 0.05) is 38.0 Å². The maximum Gasteiger partial charge on any atom is 0.282 e. The van der Waals surface area contributed by atoms with Crippen molar-refractivity contribution in [3.05, 3.63) is 100 Å². The molecule has 5 aromatic rings. The molecular weight excluding hydrogens is 602 g/mol. The number of aromatic amines is 1. The van der Waals surface area contributed by atoms with Gasteiger partial charge in [0.05, 0.1) is 17.9 Å². The first-order valence-corrected chi connectivity index (χ1v) is 14.5. The molecule has 1 fully saturated rings. The summed E-state index contributed by atoms with van der Waals surface area (Å²) < 4.78 is 41.5. The Labute approximate surface area is 260 Å². The summed E-state index contributed by atoms with van der Waals surface area (Å²) in [5.41, 5.74) is 0.167. The molecule has 2 N–H and O–H groups in total. The monoisotopic (exact) mass is 630 g/mol. The van der Waals surface area contributed by atoms with Crippen molar-refractivity contribution in [2.24, 2.45) is 5.92 Å². The number of nitrogens with one attached hydrogen (secondary N) is 1. The minimum absolute atomic E-state index is 0.112. The molecule has 2 aromatic carbocycles. The number of Topliss-reactive ketones (excluding diaryl/α,β-unsaturated/α-hetero) is 1. The largest absolute Gasteiger partial charge is 0.476 e. The van der Waals surface area contributed by atoms with Gasteiger partial charge in [0.15, 0.2) is 23.0 Å². The Morgan fingerprint density at radius 3 is 2.52 bits per heavy atom. The van der Waals surface area contributed by atoms with Crippen LogP contribution < -0.4 is 15.0 Å². The van der Waals surface area contributed by atoms with Crippen LogP contribution in [-0.4, -0.2) is 73.0 Å². The third-order valence-corrected chi connectivity index (χ3v) is 7.75. The van der Waals surface area contributed by atoms with Gasteiger partial charge in [0.1, 0.15) is 23.6 Å². The third kappa shape index (κ3) is 6.47. The van der Waals surface area contributed by atoms with Gasteiger partial charge in [0.25, 0.3) is 5.56 Å². The number of aromatic nitrogens is 5. The number of H-pyrrole nitrogens is 1. The van der Waals surface area contributed by atoms with Crippen LogP contribution in [0.15, 0.2) is 71.8 Å². The van der Waals surface area contributed by atoms with Gasteiger partial charge in [-0.25, -0.2) is 13.8 Å². The van der Waals surface area contributed by atoms with Crippen molar-refractivity contribution < 1.29 is 33.0 Å². The van der Waals surface area contributed by atoms with E-state index >= 15 is 4.39 Å². The molecule has 1 aliphatic heterocycles. The van der Waals surface area contributed by atoms with Gasteiger partial charge in [-0.1, -0.05) is 6.07 Å². The highest BCUT2D eigenvalue weighted by Crippen LogP contribution is 2.35. The SMILES string of the molecule is O=C(Cc1ccc(Oc2ccnc3[nH]nc(OCC4CCN(C(=O)CO)CC4)c23)c(F)c1)c1ccnn(-c2ccc(F)cc2)c1=O. The second-order valence-electron chi connectivity index (χ2n) is 10.8. The maximum atomic E-state index is 15.3. The zero-order chi connectivity index (χ0) is 32.2. The van der Waals surface area contributed by atoms with Gasteiger partial charge in [-0.3, -0.25) is 19.5 Å². The first kappa shape index (κ1) is 30.5.